The van der Waals surface area contributed by atoms with Gasteiger partial charge >= 0.3 is 0 Å². The van der Waals surface area contributed by atoms with Crippen molar-refractivity contribution in [2.45, 2.75) is 40.3 Å². The average Bonchev–Trinajstić information content (AvgIpc) is 2.51. The third-order valence-corrected chi connectivity index (χ3v) is 4.78. The lowest BCUT2D eigenvalue weighted by Crippen LogP contribution is -2.29. The predicted molar refractivity (Wildman–Crippen MR) is 95.4 cm³/mol. The van der Waals surface area contributed by atoms with Gasteiger partial charge in [0.1, 0.15) is 0 Å². The van der Waals surface area contributed by atoms with Gasteiger partial charge < -0.3 is 10.6 Å². The Labute approximate surface area is 138 Å². The fourth-order valence-electron chi connectivity index (χ4n) is 2.49. The predicted octanol–water partition coefficient (Wildman–Crippen LogP) is 3.46. The van der Waals surface area contributed by atoms with Crippen LogP contribution in [0.2, 0.25) is 0 Å². The highest BCUT2D eigenvalue weighted by Crippen LogP contribution is 2.20. The lowest BCUT2D eigenvalue weighted by atomic mass is 10.1. The number of halogens is 1. The van der Waals surface area contributed by atoms with Gasteiger partial charge in [0.25, 0.3) is 0 Å². The Morgan fingerprint density at radius 2 is 1.62 bits per heavy atom. The molecule has 21 heavy (non-hydrogen) atoms. The van der Waals surface area contributed by atoms with E-state index in [2.05, 4.69) is 64.7 Å². The van der Waals surface area contributed by atoms with E-state index in [0.29, 0.717) is 6.54 Å². The molecule has 3 nitrogen and oxygen atoms in total. The quantitative estimate of drug-likeness (QED) is 0.697. The molecule has 0 unspecified atom stereocenters. The van der Waals surface area contributed by atoms with Crippen LogP contribution in [0.5, 0.6) is 0 Å². The molecule has 0 aromatic heterocycles. The zero-order valence-electron chi connectivity index (χ0n) is 13.7. The molecular formula is C17H30BrN3. The molecule has 120 valence electrons. The molecule has 0 saturated carbocycles. The second-order valence-corrected chi connectivity index (χ2v) is 6.23. The molecule has 0 spiro atoms. The SMILES string of the molecule is CCN(CC)CCCN(CC)Cc1ccc(CN)cc1Br. The van der Waals surface area contributed by atoms with Gasteiger partial charge in [0.05, 0.1) is 0 Å². The number of nitrogens with zero attached hydrogens (tertiary/aromatic N) is 2. The van der Waals surface area contributed by atoms with Crippen molar-refractivity contribution in [3.05, 3.63) is 33.8 Å². The van der Waals surface area contributed by atoms with Crippen LogP contribution in [0.1, 0.15) is 38.3 Å². The Morgan fingerprint density at radius 3 is 2.14 bits per heavy atom. The lowest BCUT2D eigenvalue weighted by Gasteiger charge is -2.24. The zero-order valence-corrected chi connectivity index (χ0v) is 15.3. The summed E-state index contributed by atoms with van der Waals surface area (Å²) in [5, 5.41) is 0. The minimum Gasteiger partial charge on any atom is -0.326 e. The summed E-state index contributed by atoms with van der Waals surface area (Å²) >= 11 is 3.67. The highest BCUT2D eigenvalue weighted by atomic mass is 79.9. The first-order valence-corrected chi connectivity index (χ1v) is 8.85. The number of nitrogens with two attached hydrogens (primary N) is 1. The van der Waals surface area contributed by atoms with Gasteiger partial charge in [-0.1, -0.05) is 48.8 Å². The highest BCUT2D eigenvalue weighted by molar-refractivity contribution is 9.10. The van der Waals surface area contributed by atoms with Crippen LogP contribution in [-0.4, -0.2) is 42.5 Å². The fourth-order valence-corrected chi connectivity index (χ4v) is 3.05. The average molecular weight is 356 g/mol. The van der Waals surface area contributed by atoms with Crippen LogP contribution in [-0.2, 0) is 13.1 Å². The largest absolute Gasteiger partial charge is 0.326 e. The zero-order chi connectivity index (χ0) is 15.7. The topological polar surface area (TPSA) is 32.5 Å². The molecule has 2 N–H and O–H groups in total. The maximum atomic E-state index is 5.68. The summed E-state index contributed by atoms with van der Waals surface area (Å²) in [6, 6.07) is 6.46. The number of benzene rings is 1. The van der Waals surface area contributed by atoms with Crippen molar-refractivity contribution in [2.24, 2.45) is 5.73 Å². The van der Waals surface area contributed by atoms with E-state index in [1.807, 2.05) is 0 Å². The van der Waals surface area contributed by atoms with Crippen LogP contribution in [0.3, 0.4) is 0 Å². The summed E-state index contributed by atoms with van der Waals surface area (Å²) < 4.78 is 1.17. The Kier molecular flexibility index (Phi) is 9.16. The van der Waals surface area contributed by atoms with Crippen LogP contribution >= 0.6 is 15.9 Å². The summed E-state index contributed by atoms with van der Waals surface area (Å²) in [6.07, 6.45) is 1.23. The molecular weight excluding hydrogens is 326 g/mol. The standard InChI is InChI=1S/C17H30BrN3/c1-4-20(5-2)10-7-11-21(6-3)14-16-9-8-15(13-19)12-17(16)18/h8-9,12H,4-7,10-11,13-14,19H2,1-3H3. The summed E-state index contributed by atoms with van der Waals surface area (Å²) in [5.74, 6) is 0. The molecule has 0 aliphatic heterocycles. The van der Waals surface area contributed by atoms with E-state index in [-0.39, 0.29) is 0 Å². The lowest BCUT2D eigenvalue weighted by molar-refractivity contribution is 0.238. The van der Waals surface area contributed by atoms with Gasteiger partial charge in [-0.15, -0.1) is 0 Å². The normalized spacial score (nSPS) is 11.6. The molecule has 0 fully saturated rings. The van der Waals surface area contributed by atoms with E-state index in [4.69, 9.17) is 5.73 Å². The van der Waals surface area contributed by atoms with Gasteiger partial charge in [0.15, 0.2) is 0 Å². The van der Waals surface area contributed by atoms with Crippen molar-refractivity contribution in [1.82, 2.24) is 9.80 Å². The van der Waals surface area contributed by atoms with Crippen molar-refractivity contribution in [3.8, 4) is 0 Å². The Morgan fingerprint density at radius 1 is 1.00 bits per heavy atom. The van der Waals surface area contributed by atoms with Gasteiger partial charge in [-0.3, -0.25) is 4.90 Å². The third kappa shape index (κ3) is 6.47. The van der Waals surface area contributed by atoms with Crippen molar-refractivity contribution < 1.29 is 0 Å². The molecule has 0 aliphatic rings. The van der Waals surface area contributed by atoms with E-state index < -0.39 is 0 Å². The minimum atomic E-state index is 0.597. The molecule has 1 aromatic rings. The first kappa shape index (κ1) is 18.6. The Hall–Kier alpha value is -0.420. The van der Waals surface area contributed by atoms with Gasteiger partial charge in [-0.25, -0.2) is 0 Å². The van der Waals surface area contributed by atoms with Gasteiger partial charge in [0, 0.05) is 17.6 Å². The first-order valence-electron chi connectivity index (χ1n) is 8.06. The fraction of sp³-hybridized carbons (Fsp3) is 0.647. The van der Waals surface area contributed by atoms with Gasteiger partial charge in [-0.05, 0) is 56.3 Å². The molecule has 0 bridgehead atoms. The monoisotopic (exact) mass is 355 g/mol. The van der Waals surface area contributed by atoms with Crippen molar-refractivity contribution in [2.75, 3.05) is 32.7 Å². The second kappa shape index (κ2) is 10.3. The number of hydrogen-bond acceptors (Lipinski definition) is 3. The number of rotatable bonds is 10. The maximum absolute atomic E-state index is 5.68. The van der Waals surface area contributed by atoms with Crippen LogP contribution in [0.15, 0.2) is 22.7 Å². The summed E-state index contributed by atoms with van der Waals surface area (Å²) in [4.78, 5) is 4.99. The molecule has 0 radical (unpaired) electrons. The minimum absolute atomic E-state index is 0.597. The van der Waals surface area contributed by atoms with Crippen LogP contribution in [0, 0.1) is 0 Å². The first-order chi connectivity index (χ1) is 10.1. The molecule has 0 amide bonds. The molecule has 1 rings (SSSR count). The smallest absolute Gasteiger partial charge is 0.0244 e. The molecule has 0 aliphatic carbocycles. The highest BCUT2D eigenvalue weighted by Gasteiger charge is 2.08. The maximum Gasteiger partial charge on any atom is 0.0244 e. The van der Waals surface area contributed by atoms with Crippen molar-refractivity contribution in [1.29, 1.82) is 0 Å². The Balaban J connectivity index is 2.50. The molecule has 4 heteroatoms. The van der Waals surface area contributed by atoms with E-state index in [1.165, 1.54) is 28.6 Å². The van der Waals surface area contributed by atoms with Crippen molar-refractivity contribution >= 4 is 15.9 Å². The molecule has 0 saturated heterocycles. The summed E-state index contributed by atoms with van der Waals surface area (Å²) in [5.41, 5.74) is 8.20. The van der Waals surface area contributed by atoms with Gasteiger partial charge in [-0.2, -0.15) is 0 Å². The van der Waals surface area contributed by atoms with E-state index in [0.717, 1.165) is 32.7 Å². The molecule has 0 heterocycles. The van der Waals surface area contributed by atoms with E-state index >= 15 is 0 Å². The number of hydrogen-bond donors (Lipinski definition) is 1. The van der Waals surface area contributed by atoms with Crippen LogP contribution in [0.25, 0.3) is 0 Å². The Bertz CT molecular complexity index is 405. The second-order valence-electron chi connectivity index (χ2n) is 5.38. The molecule has 0 atom stereocenters. The summed E-state index contributed by atoms with van der Waals surface area (Å²) in [7, 11) is 0. The van der Waals surface area contributed by atoms with E-state index in [9.17, 15) is 0 Å². The van der Waals surface area contributed by atoms with Gasteiger partial charge in [0.2, 0.25) is 0 Å². The van der Waals surface area contributed by atoms with Crippen LogP contribution < -0.4 is 5.73 Å². The van der Waals surface area contributed by atoms with Crippen molar-refractivity contribution in [3.63, 3.8) is 0 Å². The van der Waals surface area contributed by atoms with Crippen LogP contribution in [0.4, 0.5) is 0 Å². The van der Waals surface area contributed by atoms with E-state index in [1.54, 1.807) is 0 Å². The third-order valence-electron chi connectivity index (χ3n) is 4.04. The summed E-state index contributed by atoms with van der Waals surface area (Å²) in [6.45, 7) is 14.0. The molecule has 1 aromatic carbocycles.